The number of rotatable bonds is 10. The van der Waals surface area contributed by atoms with Crippen LogP contribution in [0.5, 0.6) is 11.5 Å². The highest BCUT2D eigenvalue weighted by atomic mass is 35.5. The second kappa shape index (κ2) is 12.3. The maximum absolute atomic E-state index is 13.3. The van der Waals surface area contributed by atoms with Crippen LogP contribution < -0.4 is 14.4 Å². The fraction of sp³-hybridized carbons (Fsp3) is 0.143. The van der Waals surface area contributed by atoms with E-state index in [0.29, 0.717) is 51.1 Å². The van der Waals surface area contributed by atoms with Crippen molar-refractivity contribution in [3.05, 3.63) is 110 Å². The summed E-state index contributed by atoms with van der Waals surface area (Å²) < 4.78 is 12.4. The summed E-state index contributed by atoms with van der Waals surface area (Å²) in [6.07, 6.45) is 4.02. The fourth-order valence-corrected chi connectivity index (χ4v) is 5.25. The standard InChI is InChI=1S/C28H23ClN2O5S2/c1-3-6-20-13-19(14-24(35-4-2)26(20)36-17-18-9-11-21(29)12-10-18)15-25-27(32)30(28(37)38-25)22-7-5-8-23(16-22)31(33)34/h3,5,7-16H,1,4,6,17H2,2H3/b25-15+. The molecule has 1 fully saturated rings. The first-order valence-corrected chi connectivity index (χ1v) is 13.2. The van der Waals surface area contributed by atoms with Gasteiger partial charge in [-0.15, -0.1) is 6.58 Å². The van der Waals surface area contributed by atoms with Crippen molar-refractivity contribution in [3.8, 4) is 11.5 Å². The molecule has 0 saturated carbocycles. The number of thiocarbonyl (C=S) groups is 1. The molecule has 1 amide bonds. The molecule has 0 bridgehead atoms. The Morgan fingerprint density at radius 2 is 1.92 bits per heavy atom. The smallest absolute Gasteiger partial charge is 0.271 e. The number of anilines is 1. The summed E-state index contributed by atoms with van der Waals surface area (Å²) in [5.41, 5.74) is 2.75. The number of hydrogen-bond donors (Lipinski definition) is 0. The summed E-state index contributed by atoms with van der Waals surface area (Å²) in [5, 5.41) is 11.8. The number of halogens is 1. The third-order valence-electron chi connectivity index (χ3n) is 5.50. The van der Waals surface area contributed by atoms with Crippen molar-refractivity contribution in [2.24, 2.45) is 0 Å². The Morgan fingerprint density at radius 3 is 2.61 bits per heavy atom. The zero-order chi connectivity index (χ0) is 27.2. The molecule has 0 unspecified atom stereocenters. The summed E-state index contributed by atoms with van der Waals surface area (Å²) in [5.74, 6) is 0.788. The molecule has 10 heteroatoms. The van der Waals surface area contributed by atoms with Crippen LogP contribution in [-0.2, 0) is 17.8 Å². The summed E-state index contributed by atoms with van der Waals surface area (Å²) in [4.78, 5) is 25.6. The normalized spacial score (nSPS) is 14.2. The lowest BCUT2D eigenvalue weighted by atomic mass is 10.0. The van der Waals surface area contributed by atoms with Gasteiger partial charge in [-0.2, -0.15) is 0 Å². The van der Waals surface area contributed by atoms with Gasteiger partial charge >= 0.3 is 0 Å². The summed E-state index contributed by atoms with van der Waals surface area (Å²) in [6.45, 7) is 6.49. The van der Waals surface area contributed by atoms with E-state index in [2.05, 4.69) is 6.58 Å². The molecule has 38 heavy (non-hydrogen) atoms. The molecule has 1 heterocycles. The van der Waals surface area contributed by atoms with Crippen molar-refractivity contribution in [2.75, 3.05) is 11.5 Å². The van der Waals surface area contributed by atoms with Crippen molar-refractivity contribution in [1.29, 1.82) is 0 Å². The quantitative estimate of drug-likeness (QED) is 0.0833. The Balaban J connectivity index is 1.66. The largest absolute Gasteiger partial charge is 0.490 e. The Kier molecular flexibility index (Phi) is 8.83. The molecule has 0 N–H and O–H groups in total. The van der Waals surface area contributed by atoms with E-state index in [1.165, 1.54) is 23.1 Å². The van der Waals surface area contributed by atoms with E-state index in [9.17, 15) is 14.9 Å². The van der Waals surface area contributed by atoms with E-state index in [0.717, 1.165) is 28.5 Å². The Hall–Kier alpha value is -3.66. The van der Waals surface area contributed by atoms with Crippen molar-refractivity contribution >= 4 is 63.3 Å². The predicted octanol–water partition coefficient (Wildman–Crippen LogP) is 7.36. The average molecular weight is 567 g/mol. The van der Waals surface area contributed by atoms with E-state index in [-0.39, 0.29) is 11.6 Å². The summed E-state index contributed by atoms with van der Waals surface area (Å²) >= 11 is 12.6. The van der Waals surface area contributed by atoms with Gasteiger partial charge in [0.1, 0.15) is 6.61 Å². The van der Waals surface area contributed by atoms with Gasteiger partial charge in [-0.25, -0.2) is 0 Å². The Labute approximate surface area is 234 Å². The van der Waals surface area contributed by atoms with Crippen molar-refractivity contribution in [2.45, 2.75) is 20.0 Å². The number of amides is 1. The molecule has 0 spiro atoms. The number of non-ortho nitro benzene ring substituents is 1. The lowest BCUT2D eigenvalue weighted by Gasteiger charge is -2.17. The summed E-state index contributed by atoms with van der Waals surface area (Å²) in [7, 11) is 0. The van der Waals surface area contributed by atoms with Gasteiger partial charge in [0.2, 0.25) is 0 Å². The van der Waals surface area contributed by atoms with Gasteiger partial charge in [0.15, 0.2) is 15.8 Å². The molecular weight excluding hydrogens is 544 g/mol. The van der Waals surface area contributed by atoms with E-state index in [1.54, 1.807) is 30.4 Å². The molecule has 1 saturated heterocycles. The van der Waals surface area contributed by atoms with Crippen LogP contribution in [0, 0.1) is 10.1 Å². The van der Waals surface area contributed by atoms with Crippen molar-refractivity contribution < 1.29 is 19.2 Å². The highest BCUT2D eigenvalue weighted by Crippen LogP contribution is 2.39. The lowest BCUT2D eigenvalue weighted by molar-refractivity contribution is -0.384. The van der Waals surface area contributed by atoms with Crippen LogP contribution in [0.25, 0.3) is 6.08 Å². The topological polar surface area (TPSA) is 81.9 Å². The number of benzene rings is 3. The number of carbonyl (C=O) groups is 1. The van der Waals surface area contributed by atoms with Crippen LogP contribution in [0.1, 0.15) is 23.6 Å². The highest BCUT2D eigenvalue weighted by Gasteiger charge is 2.34. The molecule has 7 nitrogen and oxygen atoms in total. The van der Waals surface area contributed by atoms with Crippen LogP contribution >= 0.6 is 35.6 Å². The first-order chi connectivity index (χ1) is 18.3. The number of hydrogen-bond acceptors (Lipinski definition) is 7. The van der Waals surface area contributed by atoms with Crippen molar-refractivity contribution in [3.63, 3.8) is 0 Å². The zero-order valence-corrected chi connectivity index (χ0v) is 22.8. The van der Waals surface area contributed by atoms with Gasteiger partial charge in [-0.1, -0.05) is 59.9 Å². The molecule has 0 atom stereocenters. The fourth-order valence-electron chi connectivity index (χ4n) is 3.82. The van der Waals surface area contributed by atoms with E-state index in [4.69, 9.17) is 33.3 Å². The molecule has 194 valence electrons. The zero-order valence-electron chi connectivity index (χ0n) is 20.4. The monoisotopic (exact) mass is 566 g/mol. The van der Waals surface area contributed by atoms with Gasteiger partial charge in [-0.05, 0) is 60.9 Å². The molecule has 4 rings (SSSR count). The van der Waals surface area contributed by atoms with Gasteiger partial charge < -0.3 is 9.47 Å². The molecule has 3 aromatic rings. The number of ether oxygens (including phenoxy) is 2. The minimum Gasteiger partial charge on any atom is -0.490 e. The second-order valence-electron chi connectivity index (χ2n) is 8.14. The third kappa shape index (κ3) is 6.24. The molecule has 0 aromatic heterocycles. The van der Waals surface area contributed by atoms with E-state index >= 15 is 0 Å². The third-order valence-corrected chi connectivity index (χ3v) is 7.06. The number of allylic oxidation sites excluding steroid dienone is 1. The second-order valence-corrected chi connectivity index (χ2v) is 10.3. The van der Waals surface area contributed by atoms with Crippen LogP contribution in [0.3, 0.4) is 0 Å². The first kappa shape index (κ1) is 27.4. The summed E-state index contributed by atoms with van der Waals surface area (Å²) in [6, 6.07) is 17.0. The van der Waals surface area contributed by atoms with Crippen molar-refractivity contribution in [1.82, 2.24) is 0 Å². The van der Waals surface area contributed by atoms with Gasteiger partial charge in [0.25, 0.3) is 11.6 Å². The minimum absolute atomic E-state index is 0.120. The van der Waals surface area contributed by atoms with E-state index in [1.807, 2.05) is 31.2 Å². The first-order valence-electron chi connectivity index (χ1n) is 11.6. The molecule has 0 radical (unpaired) electrons. The molecule has 1 aliphatic rings. The maximum atomic E-state index is 13.3. The number of thioether (sulfide) groups is 1. The Morgan fingerprint density at radius 1 is 1.16 bits per heavy atom. The van der Waals surface area contributed by atoms with Crippen LogP contribution in [0.15, 0.2) is 78.2 Å². The minimum atomic E-state index is -0.510. The van der Waals surface area contributed by atoms with Gasteiger partial charge in [0, 0.05) is 22.7 Å². The van der Waals surface area contributed by atoms with Crippen LogP contribution in [0.2, 0.25) is 5.02 Å². The van der Waals surface area contributed by atoms with E-state index < -0.39 is 4.92 Å². The molecule has 1 aliphatic heterocycles. The lowest BCUT2D eigenvalue weighted by Crippen LogP contribution is -2.27. The number of nitrogens with zero attached hydrogens (tertiary/aromatic N) is 2. The van der Waals surface area contributed by atoms with Crippen LogP contribution in [0.4, 0.5) is 11.4 Å². The van der Waals surface area contributed by atoms with Gasteiger partial charge in [0.05, 0.1) is 22.1 Å². The number of carbonyl (C=O) groups excluding carboxylic acids is 1. The Bertz CT molecular complexity index is 1440. The highest BCUT2D eigenvalue weighted by molar-refractivity contribution is 8.27. The SMILES string of the molecule is C=CCc1cc(/C=C2/SC(=S)N(c3cccc([N+](=O)[O-])c3)C2=O)cc(OCC)c1OCc1ccc(Cl)cc1. The molecular formula is C28H23ClN2O5S2. The number of nitro benzene ring substituents is 1. The predicted molar refractivity (Wildman–Crippen MR) is 156 cm³/mol. The maximum Gasteiger partial charge on any atom is 0.271 e. The average Bonchev–Trinajstić information content (AvgIpc) is 3.17. The van der Waals surface area contributed by atoms with Gasteiger partial charge in [-0.3, -0.25) is 19.8 Å². The molecule has 0 aliphatic carbocycles. The van der Waals surface area contributed by atoms with Crippen LogP contribution in [-0.4, -0.2) is 21.8 Å². The molecule has 3 aromatic carbocycles. The number of nitro groups is 1.